The number of rotatable bonds is 7. The molecule has 2 aromatic heterocycles. The maximum Gasteiger partial charge on any atom is 0.256 e. The summed E-state index contributed by atoms with van der Waals surface area (Å²) in [5.74, 6) is 2.69. The molecule has 3 rings (SSSR count). The van der Waals surface area contributed by atoms with Crippen LogP contribution in [-0.4, -0.2) is 32.7 Å². The van der Waals surface area contributed by atoms with Crippen LogP contribution in [0.1, 0.15) is 26.7 Å². The fraction of sp³-hybridized carbons (Fsp3) is 0.353. The second-order valence-electron chi connectivity index (χ2n) is 5.63. The van der Waals surface area contributed by atoms with Crippen molar-refractivity contribution in [3.05, 3.63) is 35.6 Å². The number of fused-ring (bicyclic) bond motifs is 1. The van der Waals surface area contributed by atoms with Crippen LogP contribution in [0.3, 0.4) is 0 Å². The number of halogens is 1. The van der Waals surface area contributed by atoms with Crippen molar-refractivity contribution in [3.8, 4) is 5.75 Å². The molecule has 1 aromatic carbocycles. The van der Waals surface area contributed by atoms with Crippen molar-refractivity contribution in [2.45, 2.75) is 32.7 Å². The minimum Gasteiger partial charge on any atom is -0.497 e. The summed E-state index contributed by atoms with van der Waals surface area (Å²) in [4.78, 5) is 8.68. The molecule has 2 heterocycles. The van der Waals surface area contributed by atoms with E-state index in [1.165, 1.54) is 6.33 Å². The Balaban J connectivity index is 1.94. The molecule has 0 aliphatic heterocycles. The van der Waals surface area contributed by atoms with Gasteiger partial charge < -0.3 is 15.4 Å². The molecule has 0 aliphatic rings. The topological polar surface area (TPSA) is 76.4 Å². The quantitative estimate of drug-likeness (QED) is 0.659. The van der Waals surface area contributed by atoms with Crippen molar-refractivity contribution in [2.75, 3.05) is 17.7 Å². The summed E-state index contributed by atoms with van der Waals surface area (Å²) < 4.78 is 6.87. The van der Waals surface area contributed by atoms with Gasteiger partial charge in [-0.15, -0.1) is 0 Å². The van der Waals surface area contributed by atoms with Crippen LogP contribution in [0.4, 0.5) is 17.3 Å². The van der Waals surface area contributed by atoms with E-state index in [0.717, 1.165) is 24.3 Å². The lowest BCUT2D eigenvalue weighted by atomic mass is 10.2. The van der Waals surface area contributed by atoms with Crippen molar-refractivity contribution in [1.29, 1.82) is 0 Å². The van der Waals surface area contributed by atoms with Gasteiger partial charge in [0.15, 0.2) is 0 Å². The van der Waals surface area contributed by atoms with Crippen molar-refractivity contribution in [3.63, 3.8) is 0 Å². The van der Waals surface area contributed by atoms with E-state index in [2.05, 4.69) is 39.5 Å². The normalized spacial score (nSPS) is 11.1. The van der Waals surface area contributed by atoms with Gasteiger partial charge in [0.1, 0.15) is 23.7 Å². The maximum absolute atomic E-state index is 6.31. The summed E-state index contributed by atoms with van der Waals surface area (Å²) in [6.45, 7) is 4.30. The largest absolute Gasteiger partial charge is 0.497 e. The number of hydrogen-bond donors (Lipinski definition) is 2. The van der Waals surface area contributed by atoms with Crippen LogP contribution in [0, 0.1) is 0 Å². The van der Waals surface area contributed by atoms with E-state index in [1.807, 2.05) is 18.2 Å². The Hall–Kier alpha value is -2.54. The van der Waals surface area contributed by atoms with Crippen molar-refractivity contribution >= 4 is 34.7 Å². The first kappa shape index (κ1) is 17.3. The van der Waals surface area contributed by atoms with Gasteiger partial charge in [0, 0.05) is 18.2 Å². The summed E-state index contributed by atoms with van der Waals surface area (Å²) in [7, 11) is 1.61. The minimum absolute atomic E-state index is 0.354. The highest BCUT2D eigenvalue weighted by molar-refractivity contribution is 6.33. The number of anilines is 3. The summed E-state index contributed by atoms with van der Waals surface area (Å²) in [6, 6.07) is 7.70. The number of ether oxygens (including phenoxy) is 1. The smallest absolute Gasteiger partial charge is 0.256 e. The lowest BCUT2D eigenvalue weighted by Crippen LogP contribution is -2.19. The predicted molar refractivity (Wildman–Crippen MR) is 100 cm³/mol. The van der Waals surface area contributed by atoms with Crippen LogP contribution >= 0.6 is 11.6 Å². The van der Waals surface area contributed by atoms with Gasteiger partial charge in [-0.25, -0.2) is 0 Å². The Bertz CT molecular complexity index is 861. The van der Waals surface area contributed by atoms with E-state index in [0.29, 0.717) is 28.4 Å². The summed E-state index contributed by atoms with van der Waals surface area (Å²) in [5, 5.41) is 11.5. The zero-order chi connectivity index (χ0) is 17.8. The number of benzene rings is 1. The summed E-state index contributed by atoms with van der Waals surface area (Å²) in [6.07, 6.45) is 3.52. The van der Waals surface area contributed by atoms with Gasteiger partial charge in [0.2, 0.25) is 0 Å². The van der Waals surface area contributed by atoms with Crippen molar-refractivity contribution in [2.24, 2.45) is 0 Å². The fourth-order valence-electron chi connectivity index (χ4n) is 2.54. The van der Waals surface area contributed by atoms with Crippen molar-refractivity contribution < 1.29 is 4.74 Å². The average Bonchev–Trinajstić information content (AvgIpc) is 3.10. The number of nitrogens with one attached hydrogen (secondary N) is 2. The van der Waals surface area contributed by atoms with Crippen LogP contribution in [0.25, 0.3) is 5.78 Å². The first-order chi connectivity index (χ1) is 12.1. The third-order valence-corrected chi connectivity index (χ3v) is 4.34. The molecule has 0 spiro atoms. The molecule has 0 saturated carbocycles. The van der Waals surface area contributed by atoms with Crippen molar-refractivity contribution in [1.82, 2.24) is 19.6 Å². The molecule has 132 valence electrons. The maximum atomic E-state index is 6.31. The molecule has 2 N–H and O–H groups in total. The van der Waals surface area contributed by atoms with Crippen LogP contribution in [-0.2, 0) is 0 Å². The zero-order valence-corrected chi connectivity index (χ0v) is 15.2. The van der Waals surface area contributed by atoms with E-state index in [4.69, 9.17) is 16.3 Å². The molecule has 0 saturated heterocycles. The number of hydrogen-bond acceptors (Lipinski definition) is 6. The van der Waals surface area contributed by atoms with E-state index in [-0.39, 0.29) is 0 Å². The van der Waals surface area contributed by atoms with Gasteiger partial charge in [0.05, 0.1) is 17.8 Å². The SMILES string of the molecule is CCC(CC)Nc1cc(Nc2ccc(OC)cc2Cl)nc2ncnn12. The molecule has 25 heavy (non-hydrogen) atoms. The van der Waals surface area contributed by atoms with Gasteiger partial charge in [-0.05, 0) is 25.0 Å². The summed E-state index contributed by atoms with van der Waals surface area (Å²) >= 11 is 6.31. The van der Waals surface area contributed by atoms with E-state index in [9.17, 15) is 0 Å². The molecule has 7 nitrogen and oxygen atoms in total. The molecule has 0 atom stereocenters. The summed E-state index contributed by atoms with van der Waals surface area (Å²) in [5.41, 5.74) is 0.743. The first-order valence-electron chi connectivity index (χ1n) is 8.22. The second kappa shape index (κ2) is 7.57. The van der Waals surface area contributed by atoms with Gasteiger partial charge in [-0.3, -0.25) is 0 Å². The molecular formula is C17H21ClN6O. The lowest BCUT2D eigenvalue weighted by molar-refractivity contribution is 0.415. The van der Waals surface area contributed by atoms with Gasteiger partial charge in [-0.2, -0.15) is 19.6 Å². The van der Waals surface area contributed by atoms with Gasteiger partial charge in [0.25, 0.3) is 5.78 Å². The van der Waals surface area contributed by atoms with Crippen LogP contribution in [0.5, 0.6) is 5.75 Å². The lowest BCUT2D eigenvalue weighted by Gasteiger charge is -2.17. The van der Waals surface area contributed by atoms with E-state index in [1.54, 1.807) is 17.7 Å². The molecule has 0 unspecified atom stereocenters. The monoisotopic (exact) mass is 360 g/mol. The number of methoxy groups -OCH3 is 1. The third-order valence-electron chi connectivity index (χ3n) is 4.03. The third kappa shape index (κ3) is 3.76. The molecule has 8 heteroatoms. The molecule has 0 radical (unpaired) electrons. The Morgan fingerprint density at radius 1 is 1.24 bits per heavy atom. The molecule has 0 fully saturated rings. The zero-order valence-electron chi connectivity index (χ0n) is 14.5. The highest BCUT2D eigenvalue weighted by atomic mass is 35.5. The molecule has 0 aliphatic carbocycles. The van der Waals surface area contributed by atoms with Gasteiger partial charge >= 0.3 is 0 Å². The fourth-order valence-corrected chi connectivity index (χ4v) is 2.76. The standard InChI is InChI=1S/C17H21ClN6O/c1-4-11(5-2)21-16-9-15(23-17-19-10-20-24(16)17)22-14-7-6-12(25-3)8-13(14)18/h6-11,21H,4-5H2,1-3H3,(H,19,20,22,23). The van der Waals surface area contributed by atoms with Crippen LogP contribution in [0.2, 0.25) is 5.02 Å². The minimum atomic E-state index is 0.354. The second-order valence-corrected chi connectivity index (χ2v) is 6.03. The predicted octanol–water partition coefficient (Wildman–Crippen LogP) is 4.13. The van der Waals surface area contributed by atoms with E-state index >= 15 is 0 Å². The average molecular weight is 361 g/mol. The Labute approximate surface area is 151 Å². The number of nitrogens with zero attached hydrogens (tertiary/aromatic N) is 4. The first-order valence-corrected chi connectivity index (χ1v) is 8.60. The van der Waals surface area contributed by atoms with E-state index < -0.39 is 0 Å². The molecule has 0 bridgehead atoms. The highest BCUT2D eigenvalue weighted by Gasteiger charge is 2.12. The molecule has 0 amide bonds. The van der Waals surface area contributed by atoms with Crippen LogP contribution in [0.15, 0.2) is 30.6 Å². The highest BCUT2D eigenvalue weighted by Crippen LogP contribution is 2.29. The Kier molecular flexibility index (Phi) is 5.23. The Morgan fingerprint density at radius 2 is 2.04 bits per heavy atom. The van der Waals surface area contributed by atoms with Crippen LogP contribution < -0.4 is 15.4 Å². The Morgan fingerprint density at radius 3 is 2.72 bits per heavy atom. The molecule has 3 aromatic rings. The number of aromatic nitrogens is 4. The molecular weight excluding hydrogens is 340 g/mol. The van der Waals surface area contributed by atoms with Gasteiger partial charge in [-0.1, -0.05) is 25.4 Å².